The highest BCUT2D eigenvalue weighted by Crippen LogP contribution is 2.21. The van der Waals surface area contributed by atoms with Gasteiger partial charge in [0, 0.05) is 17.5 Å². The average Bonchev–Trinajstić information content (AvgIpc) is 2.18. The van der Waals surface area contributed by atoms with Crippen molar-refractivity contribution >= 4 is 0 Å². The molecule has 0 aliphatic rings. The Morgan fingerprint density at radius 1 is 1.36 bits per heavy atom. The van der Waals surface area contributed by atoms with Crippen LogP contribution < -0.4 is 0 Å². The zero-order valence-corrected chi connectivity index (χ0v) is 8.56. The van der Waals surface area contributed by atoms with E-state index < -0.39 is 6.43 Å². The lowest BCUT2D eigenvalue weighted by molar-refractivity contribution is 0.151. The van der Waals surface area contributed by atoms with E-state index in [1.807, 2.05) is 6.92 Å². The van der Waals surface area contributed by atoms with Crippen LogP contribution in [-0.2, 0) is 12.8 Å². The molecule has 0 N–H and O–H groups in total. The number of hydrogen-bond donors (Lipinski definition) is 0. The maximum Gasteiger partial charge on any atom is 0.265 e. The standard InChI is InChI=1S/C11H15F2N/c1-3-5-10-8(4-2)6-9(7-14-10)11(12)13/h6-7,11H,3-5H2,1-2H3. The summed E-state index contributed by atoms with van der Waals surface area (Å²) in [7, 11) is 0. The van der Waals surface area contributed by atoms with Gasteiger partial charge in [-0.1, -0.05) is 20.3 Å². The van der Waals surface area contributed by atoms with Gasteiger partial charge in [-0.25, -0.2) is 8.78 Å². The van der Waals surface area contributed by atoms with Crippen molar-refractivity contribution in [3.05, 3.63) is 29.1 Å². The van der Waals surface area contributed by atoms with E-state index in [0.717, 1.165) is 30.5 Å². The van der Waals surface area contributed by atoms with E-state index in [9.17, 15) is 8.78 Å². The lowest BCUT2D eigenvalue weighted by atomic mass is 10.1. The van der Waals surface area contributed by atoms with E-state index in [1.165, 1.54) is 6.20 Å². The van der Waals surface area contributed by atoms with Crippen molar-refractivity contribution in [1.29, 1.82) is 0 Å². The van der Waals surface area contributed by atoms with E-state index in [4.69, 9.17) is 0 Å². The largest absolute Gasteiger partial charge is 0.265 e. The molecule has 0 spiro atoms. The predicted octanol–water partition coefficient (Wildman–Crippen LogP) is 3.53. The van der Waals surface area contributed by atoms with Gasteiger partial charge in [-0.3, -0.25) is 4.98 Å². The van der Waals surface area contributed by atoms with Crippen LogP contribution in [0.5, 0.6) is 0 Å². The minimum absolute atomic E-state index is 0.0294. The van der Waals surface area contributed by atoms with E-state index >= 15 is 0 Å². The Morgan fingerprint density at radius 2 is 2.07 bits per heavy atom. The monoisotopic (exact) mass is 199 g/mol. The molecule has 0 aliphatic carbocycles. The topological polar surface area (TPSA) is 12.9 Å². The van der Waals surface area contributed by atoms with Crippen LogP contribution in [0.2, 0.25) is 0 Å². The molecule has 78 valence electrons. The van der Waals surface area contributed by atoms with Crippen LogP contribution >= 0.6 is 0 Å². The summed E-state index contributed by atoms with van der Waals surface area (Å²) in [6, 6.07) is 1.57. The molecule has 0 aliphatic heterocycles. The second-order valence-corrected chi connectivity index (χ2v) is 3.28. The van der Waals surface area contributed by atoms with Gasteiger partial charge >= 0.3 is 0 Å². The summed E-state index contributed by atoms with van der Waals surface area (Å²) >= 11 is 0. The molecule has 0 unspecified atom stereocenters. The van der Waals surface area contributed by atoms with Crippen molar-refractivity contribution in [3.8, 4) is 0 Å². The first-order chi connectivity index (χ1) is 6.69. The van der Waals surface area contributed by atoms with Crippen LogP contribution in [0.1, 0.15) is 43.5 Å². The van der Waals surface area contributed by atoms with Crippen molar-refractivity contribution in [1.82, 2.24) is 4.98 Å². The van der Waals surface area contributed by atoms with Crippen molar-refractivity contribution < 1.29 is 8.78 Å². The highest BCUT2D eigenvalue weighted by Gasteiger charge is 2.10. The molecule has 3 heteroatoms. The van der Waals surface area contributed by atoms with Gasteiger partial charge in [-0.05, 0) is 24.5 Å². The maximum absolute atomic E-state index is 12.4. The van der Waals surface area contributed by atoms with Gasteiger partial charge in [0.15, 0.2) is 0 Å². The lowest BCUT2D eigenvalue weighted by Gasteiger charge is -2.07. The van der Waals surface area contributed by atoms with Gasteiger partial charge in [0.25, 0.3) is 6.43 Å². The highest BCUT2D eigenvalue weighted by atomic mass is 19.3. The number of alkyl halides is 2. The first-order valence-corrected chi connectivity index (χ1v) is 4.94. The first kappa shape index (κ1) is 11.1. The van der Waals surface area contributed by atoms with E-state index in [0.29, 0.717) is 0 Å². The quantitative estimate of drug-likeness (QED) is 0.722. The number of hydrogen-bond acceptors (Lipinski definition) is 1. The van der Waals surface area contributed by atoms with Crippen LogP contribution in [0, 0.1) is 0 Å². The van der Waals surface area contributed by atoms with E-state index in [2.05, 4.69) is 11.9 Å². The number of aromatic nitrogens is 1. The second-order valence-electron chi connectivity index (χ2n) is 3.28. The molecular formula is C11H15F2N. The van der Waals surface area contributed by atoms with E-state index in [-0.39, 0.29) is 5.56 Å². The smallest absolute Gasteiger partial charge is 0.261 e. The van der Waals surface area contributed by atoms with Crippen molar-refractivity contribution in [3.63, 3.8) is 0 Å². The number of nitrogens with zero attached hydrogens (tertiary/aromatic N) is 1. The first-order valence-electron chi connectivity index (χ1n) is 4.94. The Morgan fingerprint density at radius 3 is 2.57 bits per heavy atom. The molecule has 0 atom stereocenters. The fourth-order valence-electron chi connectivity index (χ4n) is 1.44. The Kier molecular flexibility index (Phi) is 3.98. The number of halogens is 2. The predicted molar refractivity (Wildman–Crippen MR) is 52.6 cm³/mol. The van der Waals surface area contributed by atoms with Gasteiger partial charge in [-0.15, -0.1) is 0 Å². The Hall–Kier alpha value is -0.990. The molecule has 0 saturated carbocycles. The molecule has 14 heavy (non-hydrogen) atoms. The second kappa shape index (κ2) is 5.03. The number of aryl methyl sites for hydroxylation is 2. The summed E-state index contributed by atoms with van der Waals surface area (Å²) in [5.41, 5.74) is 1.94. The minimum atomic E-state index is -2.41. The number of rotatable bonds is 4. The Bertz CT molecular complexity index is 297. The molecule has 0 radical (unpaired) electrons. The fraction of sp³-hybridized carbons (Fsp3) is 0.545. The molecule has 0 bridgehead atoms. The zero-order valence-electron chi connectivity index (χ0n) is 8.56. The summed E-state index contributed by atoms with van der Waals surface area (Å²) in [6.45, 7) is 4.02. The molecular weight excluding hydrogens is 184 g/mol. The van der Waals surface area contributed by atoms with Crippen LogP contribution in [0.25, 0.3) is 0 Å². The van der Waals surface area contributed by atoms with Crippen LogP contribution in [0.15, 0.2) is 12.3 Å². The Labute approximate surface area is 83.2 Å². The normalized spacial score (nSPS) is 10.9. The minimum Gasteiger partial charge on any atom is -0.261 e. The molecule has 0 amide bonds. The van der Waals surface area contributed by atoms with Crippen molar-refractivity contribution in [2.24, 2.45) is 0 Å². The molecule has 1 aromatic rings. The highest BCUT2D eigenvalue weighted by molar-refractivity contribution is 5.26. The van der Waals surface area contributed by atoms with Crippen LogP contribution in [0.3, 0.4) is 0 Å². The van der Waals surface area contributed by atoms with Gasteiger partial charge in [-0.2, -0.15) is 0 Å². The average molecular weight is 199 g/mol. The van der Waals surface area contributed by atoms with Crippen molar-refractivity contribution in [2.45, 2.75) is 39.5 Å². The van der Waals surface area contributed by atoms with Gasteiger partial charge in [0.2, 0.25) is 0 Å². The van der Waals surface area contributed by atoms with Crippen molar-refractivity contribution in [2.75, 3.05) is 0 Å². The number of pyridine rings is 1. The summed E-state index contributed by atoms with van der Waals surface area (Å²) in [6.07, 6.45) is 1.50. The SMILES string of the molecule is CCCc1ncc(C(F)F)cc1CC. The lowest BCUT2D eigenvalue weighted by Crippen LogP contribution is -1.99. The molecule has 0 saturated heterocycles. The summed E-state index contributed by atoms with van der Waals surface area (Å²) in [5, 5.41) is 0. The molecule has 1 heterocycles. The third kappa shape index (κ3) is 2.50. The zero-order chi connectivity index (χ0) is 10.6. The third-order valence-corrected chi connectivity index (χ3v) is 2.20. The van der Waals surface area contributed by atoms with Gasteiger partial charge < -0.3 is 0 Å². The van der Waals surface area contributed by atoms with Crippen LogP contribution in [-0.4, -0.2) is 4.98 Å². The summed E-state index contributed by atoms with van der Waals surface area (Å²) in [5.74, 6) is 0. The Balaban J connectivity index is 2.98. The molecule has 0 aromatic carbocycles. The fourth-order valence-corrected chi connectivity index (χ4v) is 1.44. The molecule has 1 rings (SSSR count). The molecule has 0 fully saturated rings. The molecule has 1 nitrogen and oxygen atoms in total. The van der Waals surface area contributed by atoms with Crippen LogP contribution in [0.4, 0.5) is 8.78 Å². The van der Waals surface area contributed by atoms with Gasteiger partial charge in [0.1, 0.15) is 0 Å². The van der Waals surface area contributed by atoms with E-state index in [1.54, 1.807) is 6.07 Å². The third-order valence-electron chi connectivity index (χ3n) is 2.20. The summed E-state index contributed by atoms with van der Waals surface area (Å²) in [4.78, 5) is 4.08. The molecule has 1 aromatic heterocycles. The maximum atomic E-state index is 12.4. The van der Waals surface area contributed by atoms with Gasteiger partial charge in [0.05, 0.1) is 0 Å². The summed E-state index contributed by atoms with van der Waals surface area (Å²) < 4.78 is 24.7.